The Morgan fingerprint density at radius 2 is 1.83 bits per heavy atom. The van der Waals surface area contributed by atoms with Gasteiger partial charge in [-0.2, -0.15) is 5.10 Å². The number of carbonyl (C=O) groups is 1. The number of nitro groups is 1. The molecule has 1 aliphatic rings. The Morgan fingerprint density at radius 3 is 2.59 bits per heavy atom. The topological polar surface area (TPSA) is 122 Å². The van der Waals surface area contributed by atoms with E-state index in [0.29, 0.717) is 11.1 Å². The molecule has 4 rings (SSSR count). The molecule has 1 aliphatic heterocycles. The number of hydrogen-bond acceptors (Lipinski definition) is 6. The van der Waals surface area contributed by atoms with Crippen molar-refractivity contribution in [2.75, 3.05) is 10.8 Å². The second kappa shape index (κ2) is 6.99. The van der Waals surface area contributed by atoms with Crippen LogP contribution in [0.1, 0.15) is 5.56 Å². The van der Waals surface area contributed by atoms with E-state index in [1.165, 1.54) is 24.3 Å². The van der Waals surface area contributed by atoms with Gasteiger partial charge in [0.25, 0.3) is 21.6 Å². The molecule has 0 saturated carbocycles. The zero-order valence-corrected chi connectivity index (χ0v) is 15.7. The van der Waals surface area contributed by atoms with Crippen molar-refractivity contribution < 1.29 is 18.1 Å². The molecule has 0 fully saturated rings. The molecule has 1 amide bonds. The molecule has 0 atom stereocenters. The highest BCUT2D eigenvalue weighted by Gasteiger charge is 2.36. The van der Waals surface area contributed by atoms with E-state index < -0.39 is 27.4 Å². The Bertz CT molecular complexity index is 1280. The summed E-state index contributed by atoms with van der Waals surface area (Å²) in [5.74, 6) is -0.673. The van der Waals surface area contributed by atoms with E-state index in [0.717, 1.165) is 15.9 Å². The maximum atomic E-state index is 12.8. The third-order valence-corrected chi connectivity index (χ3v) is 6.30. The van der Waals surface area contributed by atoms with Gasteiger partial charge in [0.15, 0.2) is 0 Å². The van der Waals surface area contributed by atoms with Gasteiger partial charge in [0.05, 0.1) is 27.3 Å². The van der Waals surface area contributed by atoms with Crippen LogP contribution in [0.3, 0.4) is 0 Å². The number of nitrogens with zero attached hydrogens (tertiary/aromatic N) is 3. The molecular formula is C19H14N4O5S. The van der Waals surface area contributed by atoms with E-state index in [2.05, 4.69) is 10.5 Å². The quantitative estimate of drug-likeness (QED) is 0.393. The standard InChI is InChI=1S/C19H14N4O5S/c24-18(21-20-11-14-5-1-2-8-15(14)23(25)26)12-22-16-9-3-6-13-7-4-10-17(19(13)16)29(22,27)28/h1-11H,12H2,(H,21,24)/b20-11-. The van der Waals surface area contributed by atoms with E-state index in [-0.39, 0.29) is 16.1 Å². The Morgan fingerprint density at radius 1 is 1.10 bits per heavy atom. The molecule has 0 bridgehead atoms. The average Bonchev–Trinajstić information content (AvgIpc) is 2.92. The largest absolute Gasteiger partial charge is 0.278 e. The van der Waals surface area contributed by atoms with Crippen molar-refractivity contribution in [2.45, 2.75) is 4.90 Å². The van der Waals surface area contributed by atoms with Crippen LogP contribution < -0.4 is 9.73 Å². The SMILES string of the molecule is O=C(CN1c2cccc3cccc(c23)S1(=O)=O)N/N=C\c1ccccc1[N+](=O)[O-]. The Labute approximate surface area is 165 Å². The van der Waals surface area contributed by atoms with E-state index in [4.69, 9.17) is 0 Å². The van der Waals surface area contributed by atoms with Gasteiger partial charge in [-0.1, -0.05) is 36.4 Å². The second-order valence-corrected chi connectivity index (χ2v) is 8.08. The first kappa shape index (κ1) is 18.6. The zero-order chi connectivity index (χ0) is 20.6. The van der Waals surface area contributed by atoms with Gasteiger partial charge in [-0.05, 0) is 23.6 Å². The highest BCUT2D eigenvalue weighted by Crippen LogP contribution is 2.41. The zero-order valence-electron chi connectivity index (χ0n) is 14.8. The second-order valence-electron chi connectivity index (χ2n) is 6.25. The molecule has 3 aromatic rings. The third-order valence-electron chi connectivity index (χ3n) is 4.49. The van der Waals surface area contributed by atoms with Crippen LogP contribution in [0.25, 0.3) is 10.8 Å². The molecule has 10 heteroatoms. The number of para-hydroxylation sites is 1. The maximum absolute atomic E-state index is 12.8. The van der Waals surface area contributed by atoms with Crippen molar-refractivity contribution in [3.8, 4) is 0 Å². The molecular weight excluding hydrogens is 396 g/mol. The van der Waals surface area contributed by atoms with Crippen LogP contribution in [-0.2, 0) is 14.8 Å². The number of nitro benzene ring substituents is 1. The fourth-order valence-electron chi connectivity index (χ4n) is 3.23. The molecule has 3 aromatic carbocycles. The van der Waals surface area contributed by atoms with Gasteiger partial charge in [0.1, 0.15) is 6.54 Å². The summed E-state index contributed by atoms with van der Waals surface area (Å²) in [6.07, 6.45) is 1.14. The Hall–Kier alpha value is -3.79. The van der Waals surface area contributed by atoms with Crippen molar-refractivity contribution in [2.24, 2.45) is 5.10 Å². The first-order valence-corrected chi connectivity index (χ1v) is 9.93. The molecule has 0 aromatic heterocycles. The van der Waals surface area contributed by atoms with E-state index in [1.54, 1.807) is 36.4 Å². The highest BCUT2D eigenvalue weighted by molar-refractivity contribution is 7.93. The minimum Gasteiger partial charge on any atom is -0.271 e. The van der Waals surface area contributed by atoms with Crippen LogP contribution in [0.5, 0.6) is 0 Å². The van der Waals surface area contributed by atoms with Crippen LogP contribution in [0.2, 0.25) is 0 Å². The van der Waals surface area contributed by atoms with Gasteiger partial charge in [-0.3, -0.25) is 19.2 Å². The minimum absolute atomic E-state index is 0.154. The van der Waals surface area contributed by atoms with E-state index in [1.807, 2.05) is 0 Å². The molecule has 9 nitrogen and oxygen atoms in total. The van der Waals surface area contributed by atoms with E-state index >= 15 is 0 Å². The minimum atomic E-state index is -3.86. The summed E-state index contributed by atoms with van der Waals surface area (Å²) >= 11 is 0. The van der Waals surface area contributed by atoms with Gasteiger partial charge in [-0.15, -0.1) is 0 Å². The van der Waals surface area contributed by atoms with Gasteiger partial charge in [0, 0.05) is 11.5 Å². The lowest BCUT2D eigenvalue weighted by atomic mass is 10.1. The van der Waals surface area contributed by atoms with Crippen molar-refractivity contribution >= 4 is 44.3 Å². The molecule has 0 aliphatic carbocycles. The summed E-state index contributed by atoms with van der Waals surface area (Å²) in [6, 6.07) is 16.0. The molecule has 0 radical (unpaired) electrons. The number of hydrazone groups is 1. The Balaban J connectivity index is 1.54. The van der Waals surface area contributed by atoms with Gasteiger partial charge < -0.3 is 0 Å². The van der Waals surface area contributed by atoms with Crippen LogP contribution in [0.15, 0.2) is 70.7 Å². The van der Waals surface area contributed by atoms with Gasteiger partial charge in [-0.25, -0.2) is 13.8 Å². The third kappa shape index (κ3) is 3.19. The van der Waals surface area contributed by atoms with Crippen LogP contribution in [-0.4, -0.2) is 32.0 Å². The number of hydrogen-bond donors (Lipinski definition) is 1. The molecule has 0 saturated heterocycles. The Kier molecular flexibility index (Phi) is 4.47. The normalized spacial score (nSPS) is 14.4. The van der Waals surface area contributed by atoms with E-state index in [9.17, 15) is 23.3 Å². The summed E-state index contributed by atoms with van der Waals surface area (Å²) < 4.78 is 26.7. The summed E-state index contributed by atoms with van der Waals surface area (Å²) in [6.45, 7) is -0.468. The van der Waals surface area contributed by atoms with Crippen LogP contribution in [0.4, 0.5) is 11.4 Å². The maximum Gasteiger partial charge on any atom is 0.278 e. The molecule has 0 unspecified atom stereocenters. The summed E-state index contributed by atoms with van der Waals surface area (Å²) in [7, 11) is -3.86. The number of nitrogens with one attached hydrogen (secondary N) is 1. The highest BCUT2D eigenvalue weighted by atomic mass is 32.2. The number of sulfonamides is 1. The molecule has 0 spiro atoms. The monoisotopic (exact) mass is 410 g/mol. The number of rotatable bonds is 5. The molecule has 29 heavy (non-hydrogen) atoms. The lowest BCUT2D eigenvalue weighted by Gasteiger charge is -2.17. The van der Waals surface area contributed by atoms with Crippen LogP contribution in [0, 0.1) is 10.1 Å². The van der Waals surface area contributed by atoms with Crippen molar-refractivity contribution in [3.63, 3.8) is 0 Å². The number of anilines is 1. The number of amides is 1. The number of carbonyl (C=O) groups excluding carboxylic acids is 1. The first-order chi connectivity index (χ1) is 13.9. The first-order valence-electron chi connectivity index (χ1n) is 8.49. The van der Waals surface area contributed by atoms with Crippen molar-refractivity contribution in [1.82, 2.24) is 5.43 Å². The molecule has 146 valence electrons. The average molecular weight is 410 g/mol. The van der Waals surface area contributed by atoms with Gasteiger partial charge in [0.2, 0.25) is 0 Å². The summed E-state index contributed by atoms with van der Waals surface area (Å²) in [5.41, 5.74) is 2.70. The van der Waals surface area contributed by atoms with Crippen LogP contribution >= 0.6 is 0 Å². The van der Waals surface area contributed by atoms with Crippen molar-refractivity contribution in [1.29, 1.82) is 0 Å². The fraction of sp³-hybridized carbons (Fsp3) is 0.0526. The summed E-state index contributed by atoms with van der Waals surface area (Å²) in [5, 5.41) is 16.1. The molecule has 1 heterocycles. The summed E-state index contributed by atoms with van der Waals surface area (Å²) in [4.78, 5) is 22.9. The molecule has 1 N–H and O–H groups in total. The van der Waals surface area contributed by atoms with Crippen molar-refractivity contribution in [3.05, 3.63) is 76.3 Å². The predicted octanol–water partition coefficient (Wildman–Crippen LogP) is 2.41. The lowest BCUT2D eigenvalue weighted by molar-refractivity contribution is -0.385. The number of benzene rings is 3. The fourth-order valence-corrected chi connectivity index (χ4v) is 4.90. The smallest absolute Gasteiger partial charge is 0.271 e. The predicted molar refractivity (Wildman–Crippen MR) is 107 cm³/mol. The van der Waals surface area contributed by atoms with Gasteiger partial charge >= 0.3 is 0 Å². The lowest BCUT2D eigenvalue weighted by Crippen LogP contribution is -2.37.